The van der Waals surface area contributed by atoms with Crippen LogP contribution in [0.1, 0.15) is 39.2 Å². The fraction of sp³-hybridized carbons (Fsp3) is 0.562. The van der Waals surface area contributed by atoms with E-state index in [1.54, 1.807) is 26.8 Å². The van der Waals surface area contributed by atoms with Gasteiger partial charge in [-0.25, -0.2) is 4.79 Å². The Labute approximate surface area is 133 Å². The minimum absolute atomic E-state index is 0.0202. The molecule has 0 atom stereocenters. The molecule has 0 aromatic heterocycles. The molecule has 1 aliphatic rings. The van der Waals surface area contributed by atoms with E-state index < -0.39 is 23.4 Å². The summed E-state index contributed by atoms with van der Waals surface area (Å²) >= 11 is 0. The molecule has 128 valence electrons. The van der Waals surface area contributed by atoms with Crippen LogP contribution in [0.3, 0.4) is 0 Å². The lowest BCUT2D eigenvalue weighted by Crippen LogP contribution is -2.50. The largest absolute Gasteiger partial charge is 0.444 e. The summed E-state index contributed by atoms with van der Waals surface area (Å²) in [4.78, 5) is 11.6. The van der Waals surface area contributed by atoms with Gasteiger partial charge in [0, 0.05) is 17.8 Å². The molecule has 1 saturated carbocycles. The van der Waals surface area contributed by atoms with Gasteiger partial charge in [0.05, 0.1) is 5.56 Å². The van der Waals surface area contributed by atoms with Crippen molar-refractivity contribution in [2.24, 2.45) is 0 Å². The number of alkyl carbamates (subject to hydrolysis) is 1. The van der Waals surface area contributed by atoms with Gasteiger partial charge in [0.15, 0.2) is 0 Å². The summed E-state index contributed by atoms with van der Waals surface area (Å²) < 4.78 is 43.1. The Morgan fingerprint density at radius 1 is 1.17 bits per heavy atom. The number of halogens is 3. The smallest absolute Gasteiger partial charge is 0.416 e. The zero-order chi connectivity index (χ0) is 17.3. The van der Waals surface area contributed by atoms with Gasteiger partial charge in [0.2, 0.25) is 0 Å². The van der Waals surface area contributed by atoms with Gasteiger partial charge in [-0.2, -0.15) is 13.2 Å². The molecule has 1 aromatic rings. The summed E-state index contributed by atoms with van der Waals surface area (Å²) in [5.74, 6) is 0. The fourth-order valence-corrected chi connectivity index (χ4v) is 2.35. The number of carbonyl (C=O) groups excluding carboxylic acids is 1. The van der Waals surface area contributed by atoms with E-state index in [0.717, 1.165) is 12.1 Å². The van der Waals surface area contributed by atoms with Crippen LogP contribution in [0.4, 0.5) is 23.7 Å². The van der Waals surface area contributed by atoms with Gasteiger partial charge in [-0.1, -0.05) is 6.07 Å². The molecule has 0 saturated heterocycles. The first-order valence-electron chi connectivity index (χ1n) is 7.46. The second kappa shape index (κ2) is 6.29. The number of hydrogen-bond donors (Lipinski definition) is 2. The first kappa shape index (κ1) is 17.4. The summed E-state index contributed by atoms with van der Waals surface area (Å²) in [6.07, 6.45) is -3.52. The third kappa shape index (κ3) is 5.33. The SMILES string of the molecule is CC(C)(C)OC(=O)NC1CC(Nc2cccc(C(F)(F)F)c2)C1. The van der Waals surface area contributed by atoms with Crippen molar-refractivity contribution in [2.45, 2.75) is 57.5 Å². The molecule has 0 bridgehead atoms. The Bertz CT molecular complexity index is 561. The molecule has 1 aliphatic carbocycles. The Morgan fingerprint density at radius 2 is 1.83 bits per heavy atom. The Balaban J connectivity index is 1.79. The number of alkyl halides is 3. The van der Waals surface area contributed by atoms with Crippen LogP contribution in [-0.2, 0) is 10.9 Å². The van der Waals surface area contributed by atoms with Crippen molar-refractivity contribution < 1.29 is 22.7 Å². The minimum atomic E-state index is -4.35. The average molecular weight is 330 g/mol. The van der Waals surface area contributed by atoms with Crippen LogP contribution < -0.4 is 10.6 Å². The summed E-state index contributed by atoms with van der Waals surface area (Å²) in [7, 11) is 0. The highest BCUT2D eigenvalue weighted by molar-refractivity contribution is 5.68. The Hall–Kier alpha value is -1.92. The summed E-state index contributed by atoms with van der Waals surface area (Å²) in [6.45, 7) is 5.35. The van der Waals surface area contributed by atoms with Crippen LogP contribution in [0.5, 0.6) is 0 Å². The lowest BCUT2D eigenvalue weighted by molar-refractivity contribution is -0.137. The van der Waals surface area contributed by atoms with Crippen molar-refractivity contribution in [2.75, 3.05) is 5.32 Å². The molecule has 1 amide bonds. The van der Waals surface area contributed by atoms with E-state index in [1.807, 2.05) is 0 Å². The standard InChI is InChI=1S/C16H21F3N2O2/c1-15(2,3)23-14(22)21-13-8-12(9-13)20-11-6-4-5-10(7-11)16(17,18)19/h4-7,12-13,20H,8-9H2,1-3H3,(H,21,22). The van der Waals surface area contributed by atoms with E-state index in [0.29, 0.717) is 18.5 Å². The molecule has 4 nitrogen and oxygen atoms in total. The molecule has 0 radical (unpaired) electrons. The number of carbonyl (C=O) groups is 1. The molecule has 0 aliphatic heterocycles. The first-order chi connectivity index (χ1) is 10.5. The van der Waals surface area contributed by atoms with E-state index in [9.17, 15) is 18.0 Å². The molecule has 0 unspecified atom stereocenters. The van der Waals surface area contributed by atoms with Crippen molar-refractivity contribution in [1.82, 2.24) is 5.32 Å². The van der Waals surface area contributed by atoms with Crippen LogP contribution in [0.15, 0.2) is 24.3 Å². The maximum atomic E-state index is 12.7. The third-order valence-corrected chi connectivity index (χ3v) is 3.42. The molecule has 23 heavy (non-hydrogen) atoms. The number of nitrogens with one attached hydrogen (secondary N) is 2. The topological polar surface area (TPSA) is 50.4 Å². The highest BCUT2D eigenvalue weighted by atomic mass is 19.4. The van der Waals surface area contributed by atoms with Gasteiger partial charge in [0.25, 0.3) is 0 Å². The van der Waals surface area contributed by atoms with E-state index in [4.69, 9.17) is 4.74 Å². The molecule has 0 spiro atoms. The van der Waals surface area contributed by atoms with E-state index in [-0.39, 0.29) is 12.1 Å². The Morgan fingerprint density at radius 3 is 2.39 bits per heavy atom. The summed E-state index contributed by atoms with van der Waals surface area (Å²) in [5, 5.41) is 5.79. The average Bonchev–Trinajstić information content (AvgIpc) is 2.33. The fourth-order valence-electron chi connectivity index (χ4n) is 2.35. The van der Waals surface area contributed by atoms with Crippen LogP contribution in [0.25, 0.3) is 0 Å². The minimum Gasteiger partial charge on any atom is -0.444 e. The van der Waals surface area contributed by atoms with E-state index >= 15 is 0 Å². The maximum absolute atomic E-state index is 12.7. The molecule has 0 heterocycles. The zero-order valence-corrected chi connectivity index (χ0v) is 13.3. The highest BCUT2D eigenvalue weighted by Crippen LogP contribution is 2.32. The van der Waals surface area contributed by atoms with Crippen molar-refractivity contribution in [1.29, 1.82) is 0 Å². The molecule has 2 rings (SSSR count). The molecule has 1 aromatic carbocycles. The number of anilines is 1. The second-order valence-corrected chi connectivity index (χ2v) is 6.73. The normalized spacial score (nSPS) is 21.3. The van der Waals surface area contributed by atoms with Crippen molar-refractivity contribution >= 4 is 11.8 Å². The number of amides is 1. The summed E-state index contributed by atoms with van der Waals surface area (Å²) in [5.41, 5.74) is -0.797. The quantitative estimate of drug-likeness (QED) is 0.874. The van der Waals surface area contributed by atoms with E-state index in [1.165, 1.54) is 6.07 Å². The molecule has 7 heteroatoms. The van der Waals surface area contributed by atoms with Crippen molar-refractivity contribution in [3.63, 3.8) is 0 Å². The second-order valence-electron chi connectivity index (χ2n) is 6.73. The van der Waals surface area contributed by atoms with Crippen LogP contribution in [0.2, 0.25) is 0 Å². The van der Waals surface area contributed by atoms with Gasteiger partial charge in [-0.05, 0) is 51.8 Å². The van der Waals surface area contributed by atoms with Gasteiger partial charge < -0.3 is 15.4 Å². The number of rotatable bonds is 3. The first-order valence-corrected chi connectivity index (χ1v) is 7.46. The number of ether oxygens (including phenoxy) is 1. The third-order valence-electron chi connectivity index (χ3n) is 3.42. The Kier molecular flexibility index (Phi) is 4.77. The predicted octanol–water partition coefficient (Wildman–Crippen LogP) is 4.17. The van der Waals surface area contributed by atoms with Crippen molar-refractivity contribution in [3.8, 4) is 0 Å². The predicted molar refractivity (Wildman–Crippen MR) is 81.2 cm³/mol. The lowest BCUT2D eigenvalue weighted by atomic mass is 9.86. The summed E-state index contributed by atoms with van der Waals surface area (Å²) in [6, 6.07) is 5.13. The molecule has 2 N–H and O–H groups in total. The van der Waals surface area contributed by atoms with Crippen molar-refractivity contribution in [3.05, 3.63) is 29.8 Å². The van der Waals surface area contributed by atoms with Gasteiger partial charge in [0.1, 0.15) is 5.60 Å². The highest BCUT2D eigenvalue weighted by Gasteiger charge is 2.33. The molecular weight excluding hydrogens is 309 g/mol. The van der Waals surface area contributed by atoms with Gasteiger partial charge >= 0.3 is 12.3 Å². The zero-order valence-electron chi connectivity index (χ0n) is 13.3. The number of benzene rings is 1. The van der Waals surface area contributed by atoms with Crippen LogP contribution >= 0.6 is 0 Å². The maximum Gasteiger partial charge on any atom is 0.416 e. The molecule has 1 fully saturated rings. The van der Waals surface area contributed by atoms with Gasteiger partial charge in [-0.15, -0.1) is 0 Å². The van der Waals surface area contributed by atoms with Crippen LogP contribution in [0, 0.1) is 0 Å². The number of hydrogen-bond acceptors (Lipinski definition) is 3. The van der Waals surface area contributed by atoms with Gasteiger partial charge in [-0.3, -0.25) is 0 Å². The molecular formula is C16H21F3N2O2. The van der Waals surface area contributed by atoms with E-state index in [2.05, 4.69) is 10.6 Å². The van der Waals surface area contributed by atoms with Crippen LogP contribution in [-0.4, -0.2) is 23.8 Å². The monoisotopic (exact) mass is 330 g/mol. The lowest BCUT2D eigenvalue weighted by Gasteiger charge is -2.37.